The largest absolute Gasteiger partial charge is 0.484 e. The highest BCUT2D eigenvalue weighted by atomic mass is 32.2. The van der Waals surface area contributed by atoms with Crippen molar-refractivity contribution in [3.8, 4) is 0 Å². The van der Waals surface area contributed by atoms with E-state index in [1.54, 1.807) is 12.1 Å². The summed E-state index contributed by atoms with van der Waals surface area (Å²) in [5, 5.41) is 20.7. The maximum absolute atomic E-state index is 12.3. The lowest BCUT2D eigenvalue weighted by molar-refractivity contribution is -0.155. The minimum Gasteiger partial charge on any atom is -0.484 e. The van der Waals surface area contributed by atoms with Gasteiger partial charge in [0, 0.05) is 29.7 Å². The minimum absolute atomic E-state index is 0.206. The molecule has 33 heavy (non-hydrogen) atoms. The van der Waals surface area contributed by atoms with Crippen molar-refractivity contribution in [3.05, 3.63) is 40.3 Å². The molecule has 5 rings (SSSR count). The number of benzene rings is 1. The fraction of sp³-hybridized carbons (Fsp3) is 0.500. The van der Waals surface area contributed by atoms with E-state index in [0.29, 0.717) is 29.1 Å². The zero-order chi connectivity index (χ0) is 23.6. The van der Waals surface area contributed by atoms with Crippen LogP contribution in [0.1, 0.15) is 54.4 Å². The number of ketones is 2. The maximum atomic E-state index is 12.3. The monoisotopic (exact) mass is 473 g/mol. The molecule has 1 aromatic carbocycles. The lowest BCUT2D eigenvalue weighted by Crippen LogP contribution is -2.48. The molecule has 0 aromatic heterocycles. The molecule has 0 bridgehead atoms. The van der Waals surface area contributed by atoms with Crippen LogP contribution in [0.5, 0.6) is 0 Å². The van der Waals surface area contributed by atoms with E-state index in [2.05, 4.69) is 5.32 Å². The van der Waals surface area contributed by atoms with Crippen molar-refractivity contribution < 1.29 is 34.1 Å². The van der Waals surface area contributed by atoms with Gasteiger partial charge in [0.05, 0.1) is 11.8 Å². The van der Waals surface area contributed by atoms with Crippen molar-refractivity contribution in [2.45, 2.75) is 44.1 Å². The van der Waals surface area contributed by atoms with Gasteiger partial charge in [-0.1, -0.05) is 37.1 Å². The van der Waals surface area contributed by atoms with Gasteiger partial charge in [0.25, 0.3) is 0 Å². The van der Waals surface area contributed by atoms with Crippen LogP contribution in [-0.4, -0.2) is 58.2 Å². The summed E-state index contributed by atoms with van der Waals surface area (Å²) in [4.78, 5) is 46.2. The Bertz CT molecular complexity index is 990. The molecule has 0 radical (unpaired) electrons. The topological polar surface area (TPSA) is 130 Å². The second-order valence-electron chi connectivity index (χ2n) is 8.86. The lowest BCUT2D eigenvalue weighted by Gasteiger charge is -2.42. The molecule has 9 heteroatoms. The predicted molar refractivity (Wildman–Crippen MR) is 122 cm³/mol. The van der Waals surface area contributed by atoms with Gasteiger partial charge < -0.3 is 20.3 Å². The van der Waals surface area contributed by atoms with Gasteiger partial charge in [-0.25, -0.2) is 0 Å². The average Bonchev–Trinajstić information content (AvgIpc) is 2.83. The van der Waals surface area contributed by atoms with E-state index >= 15 is 0 Å². The van der Waals surface area contributed by atoms with Crippen LogP contribution in [0.3, 0.4) is 0 Å². The number of fused-ring (bicyclic) bond motifs is 2. The Morgan fingerprint density at radius 2 is 1.52 bits per heavy atom. The summed E-state index contributed by atoms with van der Waals surface area (Å²) < 4.78 is 6.31. The van der Waals surface area contributed by atoms with Crippen LogP contribution >= 0.6 is 11.8 Å². The first-order valence-corrected chi connectivity index (χ1v) is 12.2. The highest BCUT2D eigenvalue weighted by molar-refractivity contribution is 8.04. The predicted octanol–water partition coefficient (Wildman–Crippen LogP) is 2.97. The van der Waals surface area contributed by atoms with Gasteiger partial charge in [-0.15, -0.1) is 11.8 Å². The molecule has 4 aliphatic rings. The van der Waals surface area contributed by atoms with Crippen molar-refractivity contribution >= 4 is 41.0 Å². The van der Waals surface area contributed by atoms with E-state index in [-0.39, 0.29) is 5.60 Å². The van der Waals surface area contributed by atoms with Gasteiger partial charge in [-0.05, 0) is 25.9 Å². The van der Waals surface area contributed by atoms with Crippen LogP contribution in [0, 0.1) is 11.8 Å². The number of rotatable bonds is 2. The molecule has 2 aliphatic heterocycles. The van der Waals surface area contributed by atoms with Crippen LogP contribution in [0.2, 0.25) is 0 Å². The van der Waals surface area contributed by atoms with E-state index in [1.807, 2.05) is 12.1 Å². The first-order valence-electron chi connectivity index (χ1n) is 11.2. The summed E-state index contributed by atoms with van der Waals surface area (Å²) in [7, 11) is 0. The van der Waals surface area contributed by atoms with Crippen LogP contribution in [0.4, 0.5) is 0 Å². The summed E-state index contributed by atoms with van der Waals surface area (Å²) in [6, 6.07) is 7.24. The molecule has 1 spiro atoms. The number of carbonyl (C=O) groups is 4. The zero-order valence-corrected chi connectivity index (χ0v) is 19.0. The first-order chi connectivity index (χ1) is 15.8. The van der Waals surface area contributed by atoms with E-state index < -0.39 is 35.3 Å². The lowest BCUT2D eigenvalue weighted by atomic mass is 9.79. The Morgan fingerprint density at radius 1 is 0.939 bits per heavy atom. The van der Waals surface area contributed by atoms with Gasteiger partial charge in [0.2, 0.25) is 11.6 Å². The molecule has 1 saturated carbocycles. The van der Waals surface area contributed by atoms with Crippen molar-refractivity contribution in [3.63, 3.8) is 0 Å². The van der Waals surface area contributed by atoms with Crippen molar-refractivity contribution in [2.75, 3.05) is 18.8 Å². The van der Waals surface area contributed by atoms with E-state index in [1.165, 1.54) is 11.8 Å². The zero-order valence-electron chi connectivity index (χ0n) is 18.2. The number of hydrogen-bond acceptors (Lipinski definition) is 7. The number of nitrogens with one attached hydrogen (secondary N) is 1. The van der Waals surface area contributed by atoms with E-state index in [9.17, 15) is 19.2 Å². The molecule has 176 valence electrons. The quantitative estimate of drug-likeness (QED) is 0.555. The molecule has 2 atom stereocenters. The van der Waals surface area contributed by atoms with Crippen LogP contribution in [0.25, 0.3) is 5.76 Å². The Hall–Kier alpha value is -2.65. The molecule has 0 amide bonds. The Labute approximate surface area is 195 Å². The van der Waals surface area contributed by atoms with Crippen LogP contribution in [0.15, 0.2) is 29.2 Å². The summed E-state index contributed by atoms with van der Waals surface area (Å²) in [5.74, 6) is -2.75. The molecular weight excluding hydrogens is 446 g/mol. The minimum atomic E-state index is -0.970. The summed E-state index contributed by atoms with van der Waals surface area (Å²) in [6.07, 6.45) is 4.54. The summed E-state index contributed by atoms with van der Waals surface area (Å²) in [5.41, 5.74) is 1.03. The normalized spacial score (nSPS) is 25.8. The number of hydrogen-bond donors (Lipinski definition) is 3. The average molecular weight is 474 g/mol. The molecule has 1 saturated heterocycles. The van der Waals surface area contributed by atoms with Gasteiger partial charge in [0.15, 0.2) is 0 Å². The molecule has 0 unspecified atom stereocenters. The highest BCUT2D eigenvalue weighted by Gasteiger charge is 2.44. The molecule has 2 heterocycles. The maximum Gasteiger partial charge on any atom is 0.307 e. The third-order valence-electron chi connectivity index (χ3n) is 6.75. The molecule has 2 aliphatic carbocycles. The Balaban J connectivity index is 0.000000185. The Morgan fingerprint density at radius 3 is 2.09 bits per heavy atom. The van der Waals surface area contributed by atoms with Crippen molar-refractivity contribution in [1.82, 2.24) is 5.32 Å². The highest BCUT2D eigenvalue weighted by Crippen LogP contribution is 2.46. The second-order valence-corrected chi connectivity index (χ2v) is 9.85. The number of piperidine rings is 1. The third-order valence-corrected chi connectivity index (χ3v) is 8.08. The Kier molecular flexibility index (Phi) is 6.90. The molecule has 1 aromatic rings. The fourth-order valence-electron chi connectivity index (χ4n) is 4.86. The molecule has 8 nitrogen and oxygen atoms in total. The van der Waals surface area contributed by atoms with Gasteiger partial charge in [0.1, 0.15) is 16.3 Å². The van der Waals surface area contributed by atoms with Crippen molar-refractivity contribution in [1.29, 1.82) is 0 Å². The van der Waals surface area contributed by atoms with Crippen LogP contribution in [-0.2, 0) is 19.1 Å². The fourth-order valence-corrected chi connectivity index (χ4v) is 6.12. The number of carboxylic acid groups (broad SMARTS) is 2. The van der Waals surface area contributed by atoms with Gasteiger partial charge >= 0.3 is 11.9 Å². The number of carboxylic acids is 2. The van der Waals surface area contributed by atoms with E-state index in [4.69, 9.17) is 14.9 Å². The van der Waals surface area contributed by atoms with Gasteiger partial charge in [-0.3, -0.25) is 19.2 Å². The van der Waals surface area contributed by atoms with Gasteiger partial charge in [-0.2, -0.15) is 0 Å². The number of Topliss-reactive ketones (excluding diaryl/α,β-unsaturated/α-hetero) is 2. The van der Waals surface area contributed by atoms with E-state index in [0.717, 1.165) is 50.1 Å². The standard InChI is InChI=1S/C16H15NO3S.C8H12O4/c18-12-10-3-1-2-4-11(10)14-15(13(12)19)21-9-16(20-14)5-7-17-8-6-16;9-7(10)5-3-1-2-4-6(5)8(11)12/h1-4,17H,5-9H2;5-6H,1-4H2,(H,9,10)(H,11,12)/t;5-,6-/m.0/s1. The molecule has 2 fully saturated rings. The first kappa shape index (κ1) is 23.5. The number of ether oxygens (including phenoxy) is 1. The summed E-state index contributed by atoms with van der Waals surface area (Å²) in [6.45, 7) is 1.86. The molecular formula is C24H27NO7S. The SMILES string of the molecule is O=C(O)[C@H]1CCCC[C@@H]1C(=O)O.O=C1C(=O)c2ccccc2C2=C1SCC1(CCNCC1)O2. The summed E-state index contributed by atoms with van der Waals surface area (Å²) >= 11 is 1.48. The number of allylic oxidation sites excluding steroid dienone is 1. The number of aliphatic carboxylic acids is 2. The van der Waals surface area contributed by atoms with Crippen LogP contribution < -0.4 is 5.32 Å². The number of thioether (sulfide) groups is 1. The smallest absolute Gasteiger partial charge is 0.307 e. The third kappa shape index (κ3) is 4.70. The number of carbonyl (C=O) groups excluding carboxylic acids is 2. The van der Waals surface area contributed by atoms with Crippen molar-refractivity contribution in [2.24, 2.45) is 11.8 Å². The second kappa shape index (κ2) is 9.69. The molecule has 3 N–H and O–H groups in total.